The lowest BCUT2D eigenvalue weighted by atomic mass is 10.2. The molecule has 2 aliphatic heterocycles. The van der Waals surface area contributed by atoms with Crippen LogP contribution in [0.3, 0.4) is 0 Å². The third-order valence-corrected chi connectivity index (χ3v) is 8.66. The van der Waals surface area contributed by atoms with Crippen molar-refractivity contribution < 1.29 is 35.8 Å². The number of amides is 1. The molecule has 4 rings (SSSR count). The van der Waals surface area contributed by atoms with Crippen LogP contribution in [0.1, 0.15) is 12.8 Å². The van der Waals surface area contributed by atoms with Gasteiger partial charge in [-0.2, -0.15) is 4.31 Å². The molecule has 11 nitrogen and oxygen atoms in total. The summed E-state index contributed by atoms with van der Waals surface area (Å²) in [5.74, 6) is 0.700. The number of fused-ring (bicyclic) bond motifs is 1. The number of carbonyl (C=O) groups is 1. The van der Waals surface area contributed by atoms with Gasteiger partial charge in [0, 0.05) is 37.8 Å². The van der Waals surface area contributed by atoms with Gasteiger partial charge in [0.05, 0.1) is 30.1 Å². The number of rotatable bonds is 9. The standard InChI is InChI=1S/C22H27N3O8S2/c1-34(27,28)25(18-6-9-20-21(15-18)33-16-32-20)10-2-3-22(26)23-17-4-7-19(8-5-17)35(29,30)24-11-13-31-14-12-24/h4-9,15H,2-3,10-14,16H2,1H3,(H,23,26). The molecule has 0 aliphatic carbocycles. The predicted octanol–water partition coefficient (Wildman–Crippen LogP) is 1.62. The van der Waals surface area contributed by atoms with Crippen molar-refractivity contribution in [3.63, 3.8) is 0 Å². The molecule has 0 atom stereocenters. The summed E-state index contributed by atoms with van der Waals surface area (Å²) in [6.07, 6.45) is 1.45. The molecule has 0 unspecified atom stereocenters. The largest absolute Gasteiger partial charge is 0.454 e. The van der Waals surface area contributed by atoms with Crippen molar-refractivity contribution in [2.45, 2.75) is 17.7 Å². The lowest BCUT2D eigenvalue weighted by Crippen LogP contribution is -2.40. The number of sulfonamides is 2. The van der Waals surface area contributed by atoms with E-state index in [0.29, 0.717) is 49.2 Å². The average Bonchev–Trinajstić information content (AvgIpc) is 3.30. The third-order valence-electron chi connectivity index (χ3n) is 5.56. The average molecular weight is 526 g/mol. The Bertz CT molecular complexity index is 1270. The van der Waals surface area contributed by atoms with E-state index in [1.807, 2.05) is 0 Å². The van der Waals surface area contributed by atoms with Gasteiger partial charge in [0.25, 0.3) is 0 Å². The highest BCUT2D eigenvalue weighted by molar-refractivity contribution is 7.92. The number of ether oxygens (including phenoxy) is 3. The molecule has 35 heavy (non-hydrogen) atoms. The van der Waals surface area contributed by atoms with Crippen LogP contribution in [0.4, 0.5) is 11.4 Å². The molecule has 2 aromatic carbocycles. The Kier molecular flexibility index (Phi) is 7.50. The highest BCUT2D eigenvalue weighted by Gasteiger charge is 2.26. The molecule has 0 aromatic heterocycles. The number of morpholine rings is 1. The van der Waals surface area contributed by atoms with Crippen molar-refractivity contribution in [1.82, 2.24) is 4.31 Å². The van der Waals surface area contributed by atoms with Crippen molar-refractivity contribution in [2.75, 3.05) is 55.5 Å². The number of carbonyl (C=O) groups excluding carboxylic acids is 1. The number of hydrogen-bond acceptors (Lipinski definition) is 8. The van der Waals surface area contributed by atoms with Crippen molar-refractivity contribution in [3.8, 4) is 11.5 Å². The number of nitrogens with zero attached hydrogens (tertiary/aromatic N) is 2. The Hall–Kier alpha value is -2.87. The van der Waals surface area contributed by atoms with E-state index in [1.165, 1.54) is 32.9 Å². The molecule has 13 heteroatoms. The second kappa shape index (κ2) is 10.4. The molecule has 2 aromatic rings. The van der Waals surface area contributed by atoms with Crippen molar-refractivity contribution in [3.05, 3.63) is 42.5 Å². The zero-order valence-electron chi connectivity index (χ0n) is 19.2. The van der Waals surface area contributed by atoms with Gasteiger partial charge in [0.2, 0.25) is 32.7 Å². The molecule has 2 heterocycles. The van der Waals surface area contributed by atoms with E-state index in [-0.39, 0.29) is 37.0 Å². The molecule has 0 radical (unpaired) electrons. The Labute approximate surface area is 204 Å². The molecule has 2 aliphatic rings. The first-order chi connectivity index (χ1) is 16.6. The molecule has 1 N–H and O–H groups in total. The van der Waals surface area contributed by atoms with Crippen LogP contribution < -0.4 is 19.1 Å². The Morgan fingerprint density at radius 1 is 1.00 bits per heavy atom. The topological polar surface area (TPSA) is 132 Å². The quantitative estimate of drug-likeness (QED) is 0.523. The van der Waals surface area contributed by atoms with Gasteiger partial charge < -0.3 is 19.5 Å². The number of nitrogens with one attached hydrogen (secondary N) is 1. The Morgan fingerprint density at radius 2 is 1.69 bits per heavy atom. The maximum absolute atomic E-state index is 12.7. The Morgan fingerprint density at radius 3 is 2.37 bits per heavy atom. The molecule has 0 bridgehead atoms. The first kappa shape index (κ1) is 25.2. The highest BCUT2D eigenvalue weighted by Crippen LogP contribution is 2.36. The third kappa shape index (κ3) is 6.04. The molecule has 1 fully saturated rings. The minimum Gasteiger partial charge on any atom is -0.454 e. The fourth-order valence-corrected chi connectivity index (χ4v) is 6.14. The van der Waals surface area contributed by atoms with Crippen LogP contribution in [0.25, 0.3) is 0 Å². The minimum atomic E-state index is -3.61. The summed E-state index contributed by atoms with van der Waals surface area (Å²) in [6.45, 7) is 1.51. The van der Waals surface area contributed by atoms with Crippen LogP contribution in [0.2, 0.25) is 0 Å². The summed E-state index contributed by atoms with van der Waals surface area (Å²) < 4.78 is 68.4. The fraction of sp³-hybridized carbons (Fsp3) is 0.409. The number of hydrogen-bond donors (Lipinski definition) is 1. The number of anilines is 2. The van der Waals surface area contributed by atoms with Gasteiger partial charge in [-0.3, -0.25) is 9.10 Å². The van der Waals surface area contributed by atoms with Crippen LogP contribution in [-0.2, 0) is 29.6 Å². The highest BCUT2D eigenvalue weighted by atomic mass is 32.2. The zero-order chi connectivity index (χ0) is 25.1. The second-order valence-electron chi connectivity index (χ2n) is 8.07. The van der Waals surface area contributed by atoms with E-state index in [9.17, 15) is 21.6 Å². The van der Waals surface area contributed by atoms with Gasteiger partial charge in [-0.05, 0) is 42.8 Å². The summed E-state index contributed by atoms with van der Waals surface area (Å²) in [5.41, 5.74) is 0.876. The predicted molar refractivity (Wildman–Crippen MR) is 129 cm³/mol. The summed E-state index contributed by atoms with van der Waals surface area (Å²) in [6, 6.07) is 10.8. The zero-order valence-corrected chi connectivity index (χ0v) is 20.8. The normalized spacial score (nSPS) is 16.1. The molecule has 1 saturated heterocycles. The van der Waals surface area contributed by atoms with Gasteiger partial charge in [0.15, 0.2) is 11.5 Å². The van der Waals surface area contributed by atoms with E-state index in [2.05, 4.69) is 5.32 Å². The van der Waals surface area contributed by atoms with Crippen LogP contribution in [0, 0.1) is 0 Å². The second-order valence-corrected chi connectivity index (χ2v) is 11.9. The van der Waals surface area contributed by atoms with Crippen molar-refractivity contribution >= 4 is 37.3 Å². The molecule has 1 amide bonds. The monoisotopic (exact) mass is 525 g/mol. The summed E-state index contributed by atoms with van der Waals surface area (Å²) in [5, 5.41) is 2.71. The summed E-state index contributed by atoms with van der Waals surface area (Å²) in [4.78, 5) is 12.6. The smallest absolute Gasteiger partial charge is 0.243 e. The summed E-state index contributed by atoms with van der Waals surface area (Å²) in [7, 11) is -7.20. The van der Waals surface area contributed by atoms with Gasteiger partial charge >= 0.3 is 0 Å². The fourth-order valence-electron chi connectivity index (χ4n) is 3.78. The van der Waals surface area contributed by atoms with Crippen molar-refractivity contribution in [1.29, 1.82) is 0 Å². The lowest BCUT2D eigenvalue weighted by molar-refractivity contribution is -0.116. The van der Waals surface area contributed by atoms with Gasteiger partial charge in [-0.15, -0.1) is 0 Å². The molecule has 0 spiro atoms. The molecular weight excluding hydrogens is 498 g/mol. The van der Waals surface area contributed by atoms with E-state index >= 15 is 0 Å². The molecular formula is C22H27N3O8S2. The summed E-state index contributed by atoms with van der Waals surface area (Å²) >= 11 is 0. The first-order valence-corrected chi connectivity index (χ1v) is 14.3. The van der Waals surface area contributed by atoms with Crippen LogP contribution in [-0.4, -0.2) is 72.9 Å². The van der Waals surface area contributed by atoms with E-state index < -0.39 is 20.0 Å². The maximum atomic E-state index is 12.7. The lowest BCUT2D eigenvalue weighted by Gasteiger charge is -2.26. The maximum Gasteiger partial charge on any atom is 0.243 e. The SMILES string of the molecule is CS(=O)(=O)N(CCCC(=O)Nc1ccc(S(=O)(=O)N2CCOCC2)cc1)c1ccc2c(c1)OCO2. The van der Waals surface area contributed by atoms with E-state index in [1.54, 1.807) is 18.2 Å². The minimum absolute atomic E-state index is 0.0738. The molecule has 190 valence electrons. The molecule has 0 saturated carbocycles. The Balaban J connectivity index is 1.32. The van der Waals surface area contributed by atoms with E-state index in [4.69, 9.17) is 14.2 Å². The van der Waals surface area contributed by atoms with Crippen LogP contribution in [0.5, 0.6) is 11.5 Å². The van der Waals surface area contributed by atoms with Gasteiger partial charge in [-0.25, -0.2) is 16.8 Å². The number of benzene rings is 2. The van der Waals surface area contributed by atoms with E-state index in [0.717, 1.165) is 6.26 Å². The van der Waals surface area contributed by atoms with Gasteiger partial charge in [0.1, 0.15) is 0 Å². The van der Waals surface area contributed by atoms with Crippen LogP contribution in [0.15, 0.2) is 47.4 Å². The van der Waals surface area contributed by atoms with Crippen molar-refractivity contribution in [2.24, 2.45) is 0 Å². The van der Waals surface area contributed by atoms with Gasteiger partial charge in [-0.1, -0.05) is 0 Å². The van der Waals surface area contributed by atoms with Crippen LogP contribution >= 0.6 is 0 Å². The first-order valence-electron chi connectivity index (χ1n) is 11.0.